The molecule has 18 heteroatoms. The molecule has 0 rings (SSSR count). The summed E-state index contributed by atoms with van der Waals surface area (Å²) in [5.74, 6) is -1.65. The molecule has 85 heavy (non-hydrogen) atoms. The van der Waals surface area contributed by atoms with E-state index in [1.165, 1.54) is 38.5 Å². The van der Waals surface area contributed by atoms with Crippen LogP contribution in [0.25, 0.3) is 0 Å². The average Bonchev–Trinajstić information content (AvgIpc) is 3.60. The van der Waals surface area contributed by atoms with Gasteiger partial charge in [-0.15, -0.1) is 0 Å². The van der Waals surface area contributed by atoms with E-state index in [0.717, 1.165) is 128 Å². The van der Waals surface area contributed by atoms with Gasteiger partial charge in [-0.1, -0.05) is 219 Å². The first-order valence-corrected chi connectivity index (χ1v) is 34.8. The van der Waals surface area contributed by atoms with Crippen LogP contribution in [0.5, 0.6) is 0 Å². The third kappa shape index (κ3) is 61.4. The first-order valence-electron chi connectivity index (χ1n) is 31.8. The fourth-order valence-corrected chi connectivity index (χ4v) is 9.44. The van der Waals surface area contributed by atoms with Gasteiger partial charge in [-0.25, -0.2) is 9.13 Å². The summed E-state index contributed by atoms with van der Waals surface area (Å²) in [7, 11) is -9.79. The van der Waals surface area contributed by atoms with Crippen molar-refractivity contribution in [3.63, 3.8) is 0 Å². The number of aliphatic hydroxyl groups is 2. The van der Waals surface area contributed by atoms with Gasteiger partial charge in [0.2, 0.25) is 0 Å². The molecule has 5 atom stereocenters. The molecule has 0 saturated heterocycles. The maximum absolute atomic E-state index is 12.8. The van der Waals surface area contributed by atoms with Gasteiger partial charge in [0.05, 0.1) is 26.4 Å². The van der Waals surface area contributed by atoms with Crippen LogP contribution < -0.4 is 0 Å². The van der Waals surface area contributed by atoms with Crippen molar-refractivity contribution in [3.05, 3.63) is 122 Å². The Hall–Kier alpha value is -4.05. The van der Waals surface area contributed by atoms with Gasteiger partial charge in [0, 0.05) is 19.3 Å². The number of phosphoric ester groups is 2. The number of allylic oxidation sites excluding steroid dienone is 20. The van der Waals surface area contributed by atoms with Crippen LogP contribution in [0, 0.1) is 0 Å². The summed E-state index contributed by atoms with van der Waals surface area (Å²) in [4.78, 5) is 58.1. The maximum atomic E-state index is 12.8. The van der Waals surface area contributed by atoms with E-state index in [4.69, 9.17) is 32.3 Å². The van der Waals surface area contributed by atoms with Crippen molar-refractivity contribution in [2.45, 2.75) is 245 Å². The molecule has 0 aliphatic heterocycles. The predicted molar refractivity (Wildman–Crippen MR) is 343 cm³/mol. The summed E-state index contributed by atoms with van der Waals surface area (Å²) in [5.41, 5.74) is 0. The Morgan fingerprint density at radius 1 is 0.341 bits per heavy atom. The van der Waals surface area contributed by atoms with Gasteiger partial charge in [-0.05, 0) is 109 Å². The standard InChI is InChI=1S/C67H112O16P2/c1-4-7-10-13-16-19-22-24-26-28-29-30-31-33-35-36-39-41-44-47-50-53-65(70)77-56-62(68)57-79-84(73,74)80-58-63(69)59-81-85(75,76)82-61-64(83-67(72)55-52-49-46-43-38-21-18-15-12-9-6-3)60-78-66(71)54-51-48-45-42-40-37-34-32-27-25-23-20-17-14-11-8-5-2/h7-8,10-11,16-17,19-20,24-27,29-30,33-35,37,39,41,62-64,68-69H,4-6,9,12-15,18,21-23,28,31-32,36,38,40,42-61H2,1-3H3,(H,73,74)(H,75,76)/b10-7-,11-8-,19-16-,20-17-,26-24-,27-25-,30-29-,35-33-,37-34-,41-39-. The van der Waals surface area contributed by atoms with E-state index in [0.29, 0.717) is 19.3 Å². The highest BCUT2D eigenvalue weighted by molar-refractivity contribution is 7.47. The number of carbonyl (C=O) groups excluding carboxylic acids is 3. The normalized spacial score (nSPS) is 15.1. The molecule has 0 aromatic carbocycles. The van der Waals surface area contributed by atoms with Crippen LogP contribution in [0.3, 0.4) is 0 Å². The molecule has 0 aliphatic rings. The molecule has 0 aromatic rings. The second-order valence-corrected chi connectivity index (χ2v) is 23.7. The minimum absolute atomic E-state index is 0.0972. The third-order valence-corrected chi connectivity index (χ3v) is 14.6. The zero-order valence-corrected chi connectivity index (χ0v) is 54.0. The lowest BCUT2D eigenvalue weighted by atomic mass is 10.1. The molecule has 16 nitrogen and oxygen atoms in total. The Kier molecular flexibility index (Phi) is 57.4. The van der Waals surface area contributed by atoms with E-state index in [1.54, 1.807) is 0 Å². The minimum Gasteiger partial charge on any atom is -0.463 e. The highest BCUT2D eigenvalue weighted by Crippen LogP contribution is 2.45. The van der Waals surface area contributed by atoms with Gasteiger partial charge in [0.25, 0.3) is 0 Å². The number of unbranched alkanes of at least 4 members (excludes halogenated alkanes) is 16. The predicted octanol–water partition coefficient (Wildman–Crippen LogP) is 17.1. The molecule has 0 aliphatic carbocycles. The number of carbonyl (C=O) groups is 3. The molecule has 0 heterocycles. The molecule has 0 radical (unpaired) electrons. The summed E-state index contributed by atoms with van der Waals surface area (Å²) in [6, 6.07) is 0. The van der Waals surface area contributed by atoms with Crippen molar-refractivity contribution in [1.82, 2.24) is 0 Å². The molecule has 486 valence electrons. The number of aliphatic hydroxyl groups excluding tert-OH is 2. The quantitative estimate of drug-likeness (QED) is 0.0146. The van der Waals surface area contributed by atoms with E-state index in [-0.39, 0.29) is 19.3 Å². The Bertz CT molecular complexity index is 2040. The molecule has 0 fully saturated rings. The Balaban J connectivity index is 4.67. The van der Waals surface area contributed by atoms with E-state index < -0.39 is 91.5 Å². The summed E-state index contributed by atoms with van der Waals surface area (Å²) in [5, 5.41) is 20.5. The average molecular weight is 1240 g/mol. The summed E-state index contributed by atoms with van der Waals surface area (Å²) >= 11 is 0. The molecule has 0 aromatic heterocycles. The van der Waals surface area contributed by atoms with E-state index in [9.17, 15) is 43.5 Å². The maximum Gasteiger partial charge on any atom is 0.472 e. The van der Waals surface area contributed by atoms with Crippen LogP contribution >= 0.6 is 15.6 Å². The van der Waals surface area contributed by atoms with Gasteiger partial charge < -0.3 is 34.2 Å². The van der Waals surface area contributed by atoms with Crippen LogP contribution in [0.4, 0.5) is 0 Å². The van der Waals surface area contributed by atoms with Crippen LogP contribution in [0.2, 0.25) is 0 Å². The first-order chi connectivity index (χ1) is 41.2. The van der Waals surface area contributed by atoms with Crippen LogP contribution in [0.15, 0.2) is 122 Å². The van der Waals surface area contributed by atoms with Crippen molar-refractivity contribution in [2.75, 3.05) is 39.6 Å². The zero-order chi connectivity index (χ0) is 62.4. The summed E-state index contributed by atoms with van der Waals surface area (Å²) in [6.45, 7) is 2.32. The van der Waals surface area contributed by atoms with Crippen molar-refractivity contribution in [1.29, 1.82) is 0 Å². The molecule has 0 bridgehead atoms. The van der Waals surface area contributed by atoms with Gasteiger partial charge >= 0.3 is 33.6 Å². The van der Waals surface area contributed by atoms with E-state index in [1.807, 2.05) is 0 Å². The van der Waals surface area contributed by atoms with Crippen LogP contribution in [-0.4, -0.2) is 95.9 Å². The fraction of sp³-hybridized carbons (Fsp3) is 0.657. The van der Waals surface area contributed by atoms with E-state index in [2.05, 4.69) is 142 Å². The Morgan fingerprint density at radius 3 is 1.01 bits per heavy atom. The third-order valence-electron chi connectivity index (χ3n) is 12.7. The fourth-order valence-electron chi connectivity index (χ4n) is 7.86. The van der Waals surface area contributed by atoms with Crippen LogP contribution in [0.1, 0.15) is 226 Å². The van der Waals surface area contributed by atoms with Crippen molar-refractivity contribution in [2.24, 2.45) is 0 Å². The molecule has 4 N–H and O–H groups in total. The number of rotatable bonds is 59. The molecule has 0 saturated carbocycles. The number of ether oxygens (including phenoxy) is 3. The summed E-state index contributed by atoms with van der Waals surface area (Å²) < 4.78 is 60.6. The second-order valence-electron chi connectivity index (χ2n) is 20.8. The largest absolute Gasteiger partial charge is 0.472 e. The van der Waals surface area contributed by atoms with Gasteiger partial charge in [0.15, 0.2) is 6.10 Å². The number of phosphoric acid groups is 2. The molecule has 5 unspecified atom stereocenters. The molecular weight excluding hydrogens is 1120 g/mol. The molecular formula is C67H112O16P2. The zero-order valence-electron chi connectivity index (χ0n) is 52.2. The van der Waals surface area contributed by atoms with E-state index >= 15 is 0 Å². The molecule has 0 spiro atoms. The van der Waals surface area contributed by atoms with Gasteiger partial charge in [0.1, 0.15) is 25.4 Å². The topological polar surface area (TPSA) is 231 Å². The lowest BCUT2D eigenvalue weighted by Gasteiger charge is -2.21. The highest BCUT2D eigenvalue weighted by Gasteiger charge is 2.29. The Morgan fingerprint density at radius 2 is 0.624 bits per heavy atom. The first kappa shape index (κ1) is 81.0. The van der Waals surface area contributed by atoms with Gasteiger partial charge in [-0.3, -0.25) is 32.5 Å². The lowest BCUT2D eigenvalue weighted by Crippen LogP contribution is -2.30. The smallest absolute Gasteiger partial charge is 0.463 e. The molecule has 0 amide bonds. The van der Waals surface area contributed by atoms with Crippen molar-refractivity contribution < 1.29 is 75.8 Å². The highest BCUT2D eigenvalue weighted by atomic mass is 31.2. The lowest BCUT2D eigenvalue weighted by molar-refractivity contribution is -0.161. The Labute approximate surface area is 512 Å². The van der Waals surface area contributed by atoms with Gasteiger partial charge in [-0.2, -0.15) is 0 Å². The van der Waals surface area contributed by atoms with Crippen molar-refractivity contribution >= 4 is 33.6 Å². The summed E-state index contributed by atoms with van der Waals surface area (Å²) in [6.07, 6.45) is 67.0. The number of hydrogen-bond acceptors (Lipinski definition) is 14. The number of esters is 3. The second kappa shape index (κ2) is 60.2. The minimum atomic E-state index is -4.93. The van der Waals surface area contributed by atoms with Crippen LogP contribution in [-0.2, 0) is 55.8 Å². The monoisotopic (exact) mass is 1230 g/mol. The van der Waals surface area contributed by atoms with Crippen molar-refractivity contribution in [3.8, 4) is 0 Å². The SMILES string of the molecule is CC/C=C\C/C=C\C/C=C\C/C=C\C/C=C\C/C=C\CCCCC(=O)OCC(O)COP(=O)(O)OCC(O)COP(=O)(O)OCC(COC(=O)CCCCCC/C=C\C/C=C\C/C=C\C/C=C\CC)OC(=O)CCCCCCCCCCCCC. The number of hydrogen-bond donors (Lipinski definition) is 4.